The largest absolute Gasteiger partial charge is 0.381 e. The predicted octanol–water partition coefficient (Wildman–Crippen LogP) is 2.08. The topological polar surface area (TPSA) is 52.0 Å². The van der Waals surface area contributed by atoms with Gasteiger partial charge in [-0.2, -0.15) is 0 Å². The van der Waals surface area contributed by atoms with E-state index < -0.39 is 0 Å². The summed E-state index contributed by atoms with van der Waals surface area (Å²) in [5.41, 5.74) is 0. The molecule has 2 unspecified atom stereocenters. The molecule has 20 heavy (non-hydrogen) atoms. The number of aromatic nitrogens is 3. The second-order valence-corrected chi connectivity index (χ2v) is 6.15. The lowest BCUT2D eigenvalue weighted by Crippen LogP contribution is -2.32. The average molecular weight is 278 g/mol. The molecule has 1 N–H and O–H groups in total. The molecule has 0 spiro atoms. The maximum absolute atomic E-state index is 5.54. The van der Waals surface area contributed by atoms with Gasteiger partial charge in [-0.3, -0.25) is 0 Å². The van der Waals surface area contributed by atoms with Crippen molar-refractivity contribution in [1.29, 1.82) is 0 Å². The van der Waals surface area contributed by atoms with Gasteiger partial charge in [-0.15, -0.1) is 10.2 Å². The first-order valence-electron chi connectivity index (χ1n) is 8.07. The highest BCUT2D eigenvalue weighted by molar-refractivity contribution is 5.02. The monoisotopic (exact) mass is 278 g/mol. The third-order valence-electron chi connectivity index (χ3n) is 4.49. The Morgan fingerprint density at radius 3 is 3.10 bits per heavy atom. The summed E-state index contributed by atoms with van der Waals surface area (Å²) in [5.74, 6) is 2.93. The molecule has 3 rings (SSSR count). The maximum atomic E-state index is 5.54. The van der Waals surface area contributed by atoms with E-state index >= 15 is 0 Å². The van der Waals surface area contributed by atoms with Gasteiger partial charge in [-0.25, -0.2) is 0 Å². The molecule has 0 saturated carbocycles. The van der Waals surface area contributed by atoms with Crippen molar-refractivity contribution < 1.29 is 4.74 Å². The lowest BCUT2D eigenvalue weighted by atomic mass is 10.0. The van der Waals surface area contributed by atoms with Crippen molar-refractivity contribution in [3.8, 4) is 0 Å². The minimum atomic E-state index is 0.274. The number of rotatable bonds is 4. The number of nitrogens with one attached hydrogen (secondary N) is 1. The van der Waals surface area contributed by atoms with Gasteiger partial charge in [0.2, 0.25) is 0 Å². The molecule has 1 aromatic rings. The quantitative estimate of drug-likeness (QED) is 0.916. The first-order valence-corrected chi connectivity index (χ1v) is 8.07. The standard InChI is InChI=1S/C15H26N4O/c1-12(16-10-13-6-5-9-20-11-13)15-18-17-14-7-3-2-4-8-19(14)15/h12-13,16H,2-11H2,1H3. The van der Waals surface area contributed by atoms with E-state index in [1.54, 1.807) is 0 Å². The Bertz CT molecular complexity index is 426. The molecule has 5 heteroatoms. The Kier molecular flexibility index (Phi) is 4.68. The van der Waals surface area contributed by atoms with Crippen LogP contribution in [0.25, 0.3) is 0 Å². The Morgan fingerprint density at radius 2 is 2.25 bits per heavy atom. The molecule has 0 aliphatic carbocycles. The molecule has 0 aromatic carbocycles. The molecular weight excluding hydrogens is 252 g/mol. The van der Waals surface area contributed by atoms with Crippen LogP contribution in [-0.2, 0) is 17.7 Å². The van der Waals surface area contributed by atoms with Crippen LogP contribution in [0.4, 0.5) is 0 Å². The number of aryl methyl sites for hydroxylation is 1. The zero-order valence-electron chi connectivity index (χ0n) is 12.5. The Hall–Kier alpha value is -0.940. The highest BCUT2D eigenvalue weighted by atomic mass is 16.5. The Labute approximate surface area is 121 Å². The van der Waals surface area contributed by atoms with Crippen molar-refractivity contribution >= 4 is 0 Å². The lowest BCUT2D eigenvalue weighted by Gasteiger charge is -2.24. The van der Waals surface area contributed by atoms with Crippen LogP contribution in [0.2, 0.25) is 0 Å². The summed E-state index contributed by atoms with van der Waals surface area (Å²) in [7, 11) is 0. The smallest absolute Gasteiger partial charge is 0.149 e. The molecule has 1 saturated heterocycles. The van der Waals surface area contributed by atoms with Crippen molar-refractivity contribution in [3.05, 3.63) is 11.6 Å². The second kappa shape index (κ2) is 6.68. The fraction of sp³-hybridized carbons (Fsp3) is 0.867. The molecule has 5 nitrogen and oxygen atoms in total. The lowest BCUT2D eigenvalue weighted by molar-refractivity contribution is 0.0538. The van der Waals surface area contributed by atoms with Crippen LogP contribution in [0, 0.1) is 5.92 Å². The molecule has 1 aromatic heterocycles. The minimum absolute atomic E-state index is 0.274. The highest BCUT2D eigenvalue weighted by Gasteiger charge is 2.20. The van der Waals surface area contributed by atoms with Crippen LogP contribution >= 0.6 is 0 Å². The van der Waals surface area contributed by atoms with Crippen LogP contribution in [0.15, 0.2) is 0 Å². The van der Waals surface area contributed by atoms with E-state index in [1.807, 2.05) is 0 Å². The fourth-order valence-corrected chi connectivity index (χ4v) is 3.23. The molecule has 2 atom stereocenters. The molecule has 0 bridgehead atoms. The normalized spacial score (nSPS) is 24.9. The summed E-state index contributed by atoms with van der Waals surface area (Å²) in [6.07, 6.45) is 7.36. The first kappa shape index (κ1) is 14.0. The highest BCUT2D eigenvalue weighted by Crippen LogP contribution is 2.19. The average Bonchev–Trinajstić information content (AvgIpc) is 2.75. The fourth-order valence-electron chi connectivity index (χ4n) is 3.23. The van der Waals surface area contributed by atoms with Crippen LogP contribution in [-0.4, -0.2) is 34.5 Å². The maximum Gasteiger partial charge on any atom is 0.149 e. The van der Waals surface area contributed by atoms with Crippen LogP contribution in [0.3, 0.4) is 0 Å². The number of ether oxygens (including phenoxy) is 1. The SMILES string of the molecule is CC(NCC1CCCOC1)c1nnc2n1CCCCC2. The van der Waals surface area contributed by atoms with E-state index in [-0.39, 0.29) is 6.04 Å². The molecule has 1 fully saturated rings. The molecule has 0 radical (unpaired) electrons. The van der Waals surface area contributed by atoms with Crippen molar-refractivity contribution in [2.24, 2.45) is 5.92 Å². The predicted molar refractivity (Wildman–Crippen MR) is 77.5 cm³/mol. The van der Waals surface area contributed by atoms with Gasteiger partial charge in [0.1, 0.15) is 11.6 Å². The van der Waals surface area contributed by atoms with E-state index in [1.165, 1.54) is 37.9 Å². The van der Waals surface area contributed by atoms with Gasteiger partial charge in [-0.05, 0) is 38.5 Å². The zero-order valence-corrected chi connectivity index (χ0v) is 12.5. The van der Waals surface area contributed by atoms with Crippen LogP contribution < -0.4 is 5.32 Å². The number of nitrogens with zero attached hydrogens (tertiary/aromatic N) is 3. The number of fused-ring (bicyclic) bond motifs is 1. The third kappa shape index (κ3) is 3.20. The Balaban J connectivity index is 1.59. The number of hydrogen-bond donors (Lipinski definition) is 1. The van der Waals surface area contributed by atoms with Gasteiger partial charge in [0.25, 0.3) is 0 Å². The summed E-state index contributed by atoms with van der Waals surface area (Å²) < 4.78 is 7.87. The van der Waals surface area contributed by atoms with Gasteiger partial charge in [0.05, 0.1) is 12.6 Å². The van der Waals surface area contributed by atoms with E-state index in [9.17, 15) is 0 Å². The van der Waals surface area contributed by atoms with Crippen molar-refractivity contribution in [2.45, 2.75) is 58.0 Å². The van der Waals surface area contributed by atoms with Crippen molar-refractivity contribution in [3.63, 3.8) is 0 Å². The van der Waals surface area contributed by atoms with Crippen molar-refractivity contribution in [1.82, 2.24) is 20.1 Å². The summed E-state index contributed by atoms with van der Waals surface area (Å²) in [6.45, 7) is 6.13. The minimum Gasteiger partial charge on any atom is -0.381 e. The van der Waals surface area contributed by atoms with Crippen LogP contribution in [0.1, 0.15) is 56.7 Å². The second-order valence-electron chi connectivity index (χ2n) is 6.15. The summed E-state index contributed by atoms with van der Waals surface area (Å²) in [6, 6.07) is 0.274. The number of hydrogen-bond acceptors (Lipinski definition) is 4. The molecule has 0 amide bonds. The van der Waals surface area contributed by atoms with Gasteiger partial charge < -0.3 is 14.6 Å². The van der Waals surface area contributed by atoms with Gasteiger partial charge >= 0.3 is 0 Å². The van der Waals surface area contributed by atoms with E-state index in [0.29, 0.717) is 5.92 Å². The molecular formula is C15H26N4O. The van der Waals surface area contributed by atoms with Crippen LogP contribution in [0.5, 0.6) is 0 Å². The van der Waals surface area contributed by atoms with E-state index in [0.717, 1.165) is 38.5 Å². The summed E-state index contributed by atoms with van der Waals surface area (Å²) in [5, 5.41) is 12.4. The van der Waals surface area contributed by atoms with Gasteiger partial charge in [0.15, 0.2) is 0 Å². The van der Waals surface area contributed by atoms with Gasteiger partial charge in [0, 0.05) is 26.1 Å². The molecule has 3 heterocycles. The molecule has 112 valence electrons. The molecule has 2 aliphatic rings. The third-order valence-corrected chi connectivity index (χ3v) is 4.49. The van der Waals surface area contributed by atoms with E-state index in [4.69, 9.17) is 4.74 Å². The molecule has 2 aliphatic heterocycles. The first-order chi connectivity index (χ1) is 9.84. The Morgan fingerprint density at radius 1 is 1.30 bits per heavy atom. The zero-order chi connectivity index (χ0) is 13.8. The summed E-state index contributed by atoms with van der Waals surface area (Å²) >= 11 is 0. The van der Waals surface area contributed by atoms with Crippen molar-refractivity contribution in [2.75, 3.05) is 19.8 Å². The van der Waals surface area contributed by atoms with Gasteiger partial charge in [-0.1, -0.05) is 6.42 Å². The van der Waals surface area contributed by atoms with E-state index in [2.05, 4.69) is 27.0 Å². The summed E-state index contributed by atoms with van der Waals surface area (Å²) in [4.78, 5) is 0.